The van der Waals surface area contributed by atoms with Crippen molar-refractivity contribution in [2.45, 2.75) is 90.4 Å². The second kappa shape index (κ2) is 17.8. The minimum atomic E-state index is -0.199. The number of nitrogens with one attached hydrogen (secondary N) is 1. The third-order valence-electron chi connectivity index (χ3n) is 5.37. The highest BCUT2D eigenvalue weighted by molar-refractivity contribution is 5.80. The number of carbonyl (C=O) groups is 1. The van der Waals surface area contributed by atoms with Crippen LogP contribution in [0.2, 0.25) is 0 Å². The van der Waals surface area contributed by atoms with Crippen LogP contribution in [0.15, 0.2) is 49.1 Å². The average Bonchev–Trinajstić information content (AvgIpc) is 2.75. The van der Waals surface area contributed by atoms with Gasteiger partial charge in [-0.2, -0.15) is 0 Å². The van der Waals surface area contributed by atoms with Crippen molar-refractivity contribution in [3.63, 3.8) is 0 Å². The molecule has 1 unspecified atom stereocenters. The minimum Gasteiger partial charge on any atom is -0.466 e. The summed E-state index contributed by atoms with van der Waals surface area (Å²) in [4.78, 5) is 12.3. The van der Waals surface area contributed by atoms with Crippen LogP contribution in [0.5, 0.6) is 0 Å². The number of benzene rings is 1. The Labute approximate surface area is 185 Å². The Morgan fingerprint density at radius 3 is 2.27 bits per heavy atom. The van der Waals surface area contributed by atoms with Crippen molar-refractivity contribution in [2.24, 2.45) is 0 Å². The molecular weight excluding hydrogens is 370 g/mol. The summed E-state index contributed by atoms with van der Waals surface area (Å²) in [7, 11) is 0. The molecule has 168 valence electrons. The maximum atomic E-state index is 12.3. The standard InChI is InChI=1S/C27H43NO2/c1-4-7-8-9-10-11-12-13-14-15-16-17-20-23-28-26-22-19-18-21-25(26)24(5-2)27(29)30-6-3/h4,15-16,18-19,21-22,24,28H,1,5-14,17,20,23H2,2-3H3. The van der Waals surface area contributed by atoms with Crippen molar-refractivity contribution in [2.75, 3.05) is 18.5 Å². The van der Waals surface area contributed by atoms with Gasteiger partial charge in [0.05, 0.1) is 12.5 Å². The molecule has 3 heteroatoms. The number of para-hydroxylation sites is 1. The quantitative estimate of drug-likeness (QED) is 0.151. The van der Waals surface area contributed by atoms with E-state index < -0.39 is 0 Å². The number of rotatable bonds is 18. The highest BCUT2D eigenvalue weighted by Gasteiger charge is 2.22. The SMILES string of the molecule is C=CCCCCCCCCC=CCCCNc1ccccc1C(CC)C(=O)OCC. The molecule has 0 heterocycles. The van der Waals surface area contributed by atoms with Crippen LogP contribution in [-0.2, 0) is 9.53 Å². The number of esters is 1. The zero-order valence-electron chi connectivity index (χ0n) is 19.3. The molecule has 30 heavy (non-hydrogen) atoms. The number of carbonyl (C=O) groups excluding carboxylic acids is 1. The molecule has 1 atom stereocenters. The second-order valence-electron chi connectivity index (χ2n) is 7.83. The summed E-state index contributed by atoms with van der Waals surface area (Å²) < 4.78 is 5.25. The molecule has 1 N–H and O–H groups in total. The molecule has 3 nitrogen and oxygen atoms in total. The molecule has 0 bridgehead atoms. The van der Waals surface area contributed by atoms with Crippen LogP contribution in [-0.4, -0.2) is 19.1 Å². The molecule has 0 radical (unpaired) electrons. The van der Waals surface area contributed by atoms with Crippen LogP contribution >= 0.6 is 0 Å². The molecule has 0 amide bonds. The number of hydrogen-bond acceptors (Lipinski definition) is 3. The Bertz CT molecular complexity index is 609. The smallest absolute Gasteiger partial charge is 0.313 e. The highest BCUT2D eigenvalue weighted by atomic mass is 16.5. The van der Waals surface area contributed by atoms with Crippen LogP contribution in [0.1, 0.15) is 96.0 Å². The first kappa shape index (κ1) is 26.0. The van der Waals surface area contributed by atoms with Crippen LogP contribution in [0.25, 0.3) is 0 Å². The molecule has 1 rings (SSSR count). The number of hydrogen-bond donors (Lipinski definition) is 1. The van der Waals surface area contributed by atoms with E-state index in [4.69, 9.17) is 4.74 Å². The van der Waals surface area contributed by atoms with Gasteiger partial charge in [0.2, 0.25) is 0 Å². The van der Waals surface area contributed by atoms with E-state index in [0.717, 1.165) is 43.5 Å². The highest BCUT2D eigenvalue weighted by Crippen LogP contribution is 2.28. The van der Waals surface area contributed by atoms with Gasteiger partial charge in [0, 0.05) is 12.2 Å². The lowest BCUT2D eigenvalue weighted by molar-refractivity contribution is -0.145. The lowest BCUT2D eigenvalue weighted by Crippen LogP contribution is -2.17. The Kier molecular flexibility index (Phi) is 15.4. The Morgan fingerprint density at radius 2 is 1.60 bits per heavy atom. The van der Waals surface area contributed by atoms with Gasteiger partial charge in [-0.05, 0) is 63.5 Å². The van der Waals surface area contributed by atoms with Crippen molar-refractivity contribution in [1.82, 2.24) is 0 Å². The van der Waals surface area contributed by atoms with Crippen LogP contribution in [0, 0.1) is 0 Å². The van der Waals surface area contributed by atoms with E-state index in [-0.39, 0.29) is 11.9 Å². The third-order valence-corrected chi connectivity index (χ3v) is 5.37. The Morgan fingerprint density at radius 1 is 0.967 bits per heavy atom. The maximum Gasteiger partial charge on any atom is 0.313 e. The molecule has 1 aromatic carbocycles. The first-order chi connectivity index (χ1) is 14.7. The average molecular weight is 414 g/mol. The number of ether oxygens (including phenoxy) is 1. The molecule has 0 saturated carbocycles. The number of allylic oxidation sites excluding steroid dienone is 3. The van der Waals surface area contributed by atoms with Gasteiger partial charge >= 0.3 is 5.97 Å². The fraction of sp³-hybridized carbons (Fsp3) is 0.593. The van der Waals surface area contributed by atoms with Crippen molar-refractivity contribution in [3.8, 4) is 0 Å². The van der Waals surface area contributed by atoms with E-state index in [1.165, 1.54) is 44.9 Å². The predicted octanol–water partition coefficient (Wildman–Crippen LogP) is 7.80. The zero-order valence-corrected chi connectivity index (χ0v) is 19.3. The molecular formula is C27H43NO2. The van der Waals surface area contributed by atoms with Gasteiger partial charge in [0.25, 0.3) is 0 Å². The summed E-state index contributed by atoms with van der Waals surface area (Å²) in [5.74, 6) is -0.329. The first-order valence-corrected chi connectivity index (χ1v) is 12.0. The van der Waals surface area contributed by atoms with E-state index in [2.05, 4.69) is 30.1 Å². The normalized spacial score (nSPS) is 12.1. The molecule has 0 aromatic heterocycles. The van der Waals surface area contributed by atoms with Gasteiger partial charge in [-0.3, -0.25) is 4.79 Å². The van der Waals surface area contributed by atoms with Gasteiger partial charge in [0.1, 0.15) is 0 Å². The predicted molar refractivity (Wildman–Crippen MR) is 130 cm³/mol. The fourth-order valence-corrected chi connectivity index (χ4v) is 3.65. The lowest BCUT2D eigenvalue weighted by atomic mass is 9.95. The van der Waals surface area contributed by atoms with Gasteiger partial charge < -0.3 is 10.1 Å². The van der Waals surface area contributed by atoms with Gasteiger partial charge in [-0.15, -0.1) is 6.58 Å². The van der Waals surface area contributed by atoms with E-state index in [0.29, 0.717) is 6.61 Å². The Balaban J connectivity index is 2.22. The van der Waals surface area contributed by atoms with Crippen LogP contribution < -0.4 is 5.32 Å². The van der Waals surface area contributed by atoms with E-state index in [9.17, 15) is 4.79 Å². The van der Waals surface area contributed by atoms with Gasteiger partial charge in [-0.25, -0.2) is 0 Å². The number of anilines is 1. The molecule has 0 aliphatic rings. The van der Waals surface area contributed by atoms with Crippen LogP contribution in [0.4, 0.5) is 5.69 Å². The van der Waals surface area contributed by atoms with E-state index in [1.54, 1.807) is 0 Å². The lowest BCUT2D eigenvalue weighted by Gasteiger charge is -2.18. The fourth-order valence-electron chi connectivity index (χ4n) is 3.65. The van der Waals surface area contributed by atoms with Gasteiger partial charge in [-0.1, -0.05) is 69.0 Å². The molecule has 0 fully saturated rings. The molecule has 0 saturated heterocycles. The molecule has 0 aliphatic heterocycles. The van der Waals surface area contributed by atoms with Crippen molar-refractivity contribution < 1.29 is 9.53 Å². The van der Waals surface area contributed by atoms with Crippen molar-refractivity contribution in [3.05, 3.63) is 54.6 Å². The monoisotopic (exact) mass is 413 g/mol. The number of unbranched alkanes of at least 4 members (excludes halogenated alkanes) is 8. The largest absolute Gasteiger partial charge is 0.466 e. The van der Waals surface area contributed by atoms with E-state index in [1.807, 2.05) is 38.1 Å². The van der Waals surface area contributed by atoms with E-state index >= 15 is 0 Å². The third kappa shape index (κ3) is 11.2. The van der Waals surface area contributed by atoms with Crippen LogP contribution in [0.3, 0.4) is 0 Å². The minimum absolute atomic E-state index is 0.131. The second-order valence-corrected chi connectivity index (χ2v) is 7.83. The summed E-state index contributed by atoms with van der Waals surface area (Å²) >= 11 is 0. The summed E-state index contributed by atoms with van der Waals surface area (Å²) in [5, 5.41) is 3.52. The molecule has 0 aliphatic carbocycles. The zero-order chi connectivity index (χ0) is 21.9. The summed E-state index contributed by atoms with van der Waals surface area (Å²) in [6.45, 7) is 8.99. The van der Waals surface area contributed by atoms with Crippen molar-refractivity contribution in [1.29, 1.82) is 0 Å². The summed E-state index contributed by atoms with van der Waals surface area (Å²) in [6.07, 6.45) is 19.9. The summed E-state index contributed by atoms with van der Waals surface area (Å²) in [6, 6.07) is 8.10. The topological polar surface area (TPSA) is 38.3 Å². The molecule has 0 spiro atoms. The maximum absolute atomic E-state index is 12.3. The summed E-state index contributed by atoms with van der Waals surface area (Å²) in [5.41, 5.74) is 2.09. The Hall–Kier alpha value is -2.03. The first-order valence-electron chi connectivity index (χ1n) is 12.0. The van der Waals surface area contributed by atoms with Crippen molar-refractivity contribution >= 4 is 11.7 Å². The van der Waals surface area contributed by atoms with Gasteiger partial charge in [0.15, 0.2) is 0 Å². The molecule has 1 aromatic rings.